The Morgan fingerprint density at radius 3 is 2.61 bits per heavy atom. The zero-order valence-electron chi connectivity index (χ0n) is 10.0. The van der Waals surface area contributed by atoms with Crippen LogP contribution in [0.4, 0.5) is 4.39 Å². The van der Waals surface area contributed by atoms with Gasteiger partial charge in [0.2, 0.25) is 0 Å². The summed E-state index contributed by atoms with van der Waals surface area (Å²) in [6.07, 6.45) is 1.70. The number of nitriles is 1. The van der Waals surface area contributed by atoms with Crippen LogP contribution < -0.4 is 0 Å². The van der Waals surface area contributed by atoms with E-state index in [9.17, 15) is 4.39 Å². The largest absolute Gasteiger partial charge is 0.206 e. The molecule has 0 aliphatic rings. The van der Waals surface area contributed by atoms with Gasteiger partial charge in [-0.2, -0.15) is 5.26 Å². The molecule has 0 aliphatic heterocycles. The van der Waals surface area contributed by atoms with Crippen LogP contribution in [0.5, 0.6) is 0 Å². The molecule has 2 aromatic rings. The van der Waals surface area contributed by atoms with E-state index in [1.54, 1.807) is 24.3 Å². The second kappa shape index (κ2) is 5.29. The molecule has 0 atom stereocenters. The van der Waals surface area contributed by atoms with E-state index in [2.05, 4.69) is 0 Å². The highest BCUT2D eigenvalue weighted by atomic mass is 19.1. The molecule has 2 rings (SSSR count). The van der Waals surface area contributed by atoms with E-state index in [0.29, 0.717) is 11.1 Å². The number of hydrogen-bond acceptors (Lipinski definition) is 1. The number of nitrogens with zero attached hydrogens (tertiary/aromatic N) is 1. The zero-order chi connectivity index (χ0) is 13.0. The maximum absolute atomic E-state index is 13.6. The molecular weight excluding hydrogens is 225 g/mol. The lowest BCUT2D eigenvalue weighted by Gasteiger charge is -2.02. The van der Waals surface area contributed by atoms with E-state index < -0.39 is 0 Å². The fourth-order valence-electron chi connectivity index (χ4n) is 1.78. The first kappa shape index (κ1) is 12.1. The van der Waals surface area contributed by atoms with Crippen molar-refractivity contribution in [1.29, 1.82) is 5.26 Å². The number of aryl methyl sites for hydroxylation is 1. The van der Waals surface area contributed by atoms with Crippen molar-refractivity contribution in [2.45, 2.75) is 6.92 Å². The summed E-state index contributed by atoms with van der Waals surface area (Å²) < 4.78 is 13.6. The van der Waals surface area contributed by atoms with E-state index in [-0.39, 0.29) is 5.82 Å². The Morgan fingerprint density at radius 2 is 1.94 bits per heavy atom. The van der Waals surface area contributed by atoms with Crippen LogP contribution in [0.3, 0.4) is 0 Å². The molecule has 0 fully saturated rings. The summed E-state index contributed by atoms with van der Waals surface area (Å²) in [6, 6.07) is 16.1. The smallest absolute Gasteiger partial charge is 0.131 e. The summed E-state index contributed by atoms with van der Waals surface area (Å²) >= 11 is 0. The van der Waals surface area contributed by atoms with Gasteiger partial charge < -0.3 is 0 Å². The second-order valence-electron chi connectivity index (χ2n) is 4.06. The fraction of sp³-hybridized carbons (Fsp3) is 0.0625. The maximum atomic E-state index is 13.6. The second-order valence-corrected chi connectivity index (χ2v) is 4.06. The third kappa shape index (κ3) is 2.64. The first-order valence-corrected chi connectivity index (χ1v) is 5.64. The monoisotopic (exact) mass is 237 g/mol. The maximum Gasteiger partial charge on any atom is 0.131 e. The molecule has 1 nitrogen and oxygen atoms in total. The van der Waals surface area contributed by atoms with Gasteiger partial charge in [-0.3, -0.25) is 0 Å². The van der Waals surface area contributed by atoms with Crippen molar-refractivity contribution < 1.29 is 4.39 Å². The molecule has 2 aromatic carbocycles. The third-order valence-electron chi connectivity index (χ3n) is 2.64. The van der Waals surface area contributed by atoms with Crippen LogP contribution in [-0.4, -0.2) is 0 Å². The van der Waals surface area contributed by atoms with Crippen LogP contribution in [0, 0.1) is 24.1 Å². The van der Waals surface area contributed by atoms with E-state index >= 15 is 0 Å². The van der Waals surface area contributed by atoms with E-state index in [1.165, 1.54) is 6.07 Å². The van der Waals surface area contributed by atoms with Crippen molar-refractivity contribution in [3.63, 3.8) is 0 Å². The van der Waals surface area contributed by atoms with Crippen molar-refractivity contribution in [3.8, 4) is 6.07 Å². The number of halogens is 1. The van der Waals surface area contributed by atoms with Crippen LogP contribution in [0.2, 0.25) is 0 Å². The van der Waals surface area contributed by atoms with Gasteiger partial charge >= 0.3 is 0 Å². The van der Waals surface area contributed by atoms with Crippen molar-refractivity contribution in [1.82, 2.24) is 0 Å². The molecule has 2 heteroatoms. The number of rotatable bonds is 2. The van der Waals surface area contributed by atoms with Gasteiger partial charge in [-0.1, -0.05) is 48.0 Å². The predicted octanol–water partition coefficient (Wildman–Crippen LogP) is 4.20. The summed E-state index contributed by atoms with van der Waals surface area (Å²) in [5.74, 6) is -0.377. The van der Waals surface area contributed by atoms with Crippen LogP contribution >= 0.6 is 0 Å². The van der Waals surface area contributed by atoms with Gasteiger partial charge in [0.1, 0.15) is 5.82 Å². The first-order valence-electron chi connectivity index (χ1n) is 5.64. The minimum absolute atomic E-state index is 0.332. The Bertz CT molecular complexity index is 636. The van der Waals surface area contributed by atoms with Gasteiger partial charge in [-0.05, 0) is 24.6 Å². The Labute approximate surface area is 106 Å². The van der Waals surface area contributed by atoms with Crippen molar-refractivity contribution in [2.24, 2.45) is 0 Å². The summed E-state index contributed by atoms with van der Waals surface area (Å²) in [6.45, 7) is 1.98. The number of benzene rings is 2. The molecule has 0 amide bonds. The molecule has 88 valence electrons. The minimum Gasteiger partial charge on any atom is -0.206 e. The standard InChI is InChI=1S/C16H12FN/c1-12-5-4-6-13(9-12)10-14(11-18)15-7-2-3-8-16(15)17/h2-10H,1H3. The summed E-state index contributed by atoms with van der Waals surface area (Å²) in [5.41, 5.74) is 2.67. The molecule has 0 heterocycles. The lowest BCUT2D eigenvalue weighted by molar-refractivity contribution is 0.624. The SMILES string of the molecule is Cc1cccc(C=C(C#N)c2ccccc2F)c1. The van der Waals surface area contributed by atoms with Crippen LogP contribution in [0.1, 0.15) is 16.7 Å². The Morgan fingerprint density at radius 1 is 1.17 bits per heavy atom. The van der Waals surface area contributed by atoms with Gasteiger partial charge in [0, 0.05) is 5.56 Å². The van der Waals surface area contributed by atoms with Gasteiger partial charge in [-0.15, -0.1) is 0 Å². The molecule has 0 saturated heterocycles. The van der Waals surface area contributed by atoms with E-state index in [4.69, 9.17) is 5.26 Å². The van der Waals surface area contributed by atoms with Crippen molar-refractivity contribution >= 4 is 11.6 Å². The summed E-state index contributed by atoms with van der Waals surface area (Å²) in [5, 5.41) is 9.15. The Kier molecular flexibility index (Phi) is 3.54. The normalized spacial score (nSPS) is 11.1. The van der Waals surface area contributed by atoms with Crippen molar-refractivity contribution in [2.75, 3.05) is 0 Å². The summed E-state index contributed by atoms with van der Waals surface area (Å²) in [7, 11) is 0. The van der Waals surface area contributed by atoms with Crippen LogP contribution in [0.15, 0.2) is 48.5 Å². The molecule has 18 heavy (non-hydrogen) atoms. The van der Waals surface area contributed by atoms with Crippen molar-refractivity contribution in [3.05, 3.63) is 71.0 Å². The van der Waals surface area contributed by atoms with Gasteiger partial charge in [0.15, 0.2) is 0 Å². The lowest BCUT2D eigenvalue weighted by Crippen LogP contribution is -1.87. The average Bonchev–Trinajstić information content (AvgIpc) is 2.37. The molecule has 0 saturated carbocycles. The van der Waals surface area contributed by atoms with E-state index in [1.807, 2.05) is 37.3 Å². The molecular formula is C16H12FN. The number of allylic oxidation sites excluding steroid dienone is 1. The zero-order valence-corrected chi connectivity index (χ0v) is 10.0. The first-order chi connectivity index (χ1) is 8.70. The Balaban J connectivity index is 2.48. The van der Waals surface area contributed by atoms with Gasteiger partial charge in [0.05, 0.1) is 11.6 Å². The van der Waals surface area contributed by atoms with Gasteiger partial charge in [-0.25, -0.2) is 4.39 Å². The highest BCUT2D eigenvalue weighted by molar-refractivity contribution is 5.89. The van der Waals surface area contributed by atoms with E-state index in [0.717, 1.165) is 11.1 Å². The topological polar surface area (TPSA) is 23.8 Å². The highest BCUT2D eigenvalue weighted by Crippen LogP contribution is 2.20. The number of hydrogen-bond donors (Lipinski definition) is 0. The predicted molar refractivity (Wildman–Crippen MR) is 71.1 cm³/mol. The van der Waals surface area contributed by atoms with Gasteiger partial charge in [0.25, 0.3) is 0 Å². The Hall–Kier alpha value is -2.40. The molecule has 0 unspecified atom stereocenters. The lowest BCUT2D eigenvalue weighted by atomic mass is 10.0. The molecule has 0 bridgehead atoms. The molecule has 0 radical (unpaired) electrons. The molecule has 0 aliphatic carbocycles. The molecule has 0 N–H and O–H groups in total. The third-order valence-corrected chi connectivity index (χ3v) is 2.64. The van der Waals surface area contributed by atoms with Crippen LogP contribution in [-0.2, 0) is 0 Å². The fourth-order valence-corrected chi connectivity index (χ4v) is 1.78. The highest BCUT2D eigenvalue weighted by Gasteiger charge is 2.06. The summed E-state index contributed by atoms with van der Waals surface area (Å²) in [4.78, 5) is 0. The molecule has 0 aromatic heterocycles. The van der Waals surface area contributed by atoms with Crippen LogP contribution in [0.25, 0.3) is 11.6 Å². The average molecular weight is 237 g/mol. The quantitative estimate of drug-likeness (QED) is 0.567. The molecule has 0 spiro atoms. The minimum atomic E-state index is -0.377.